The second kappa shape index (κ2) is 15.0. The number of benzene rings is 2. The van der Waals surface area contributed by atoms with Gasteiger partial charge in [-0.25, -0.2) is 13.8 Å². The van der Waals surface area contributed by atoms with Gasteiger partial charge in [0.15, 0.2) is 0 Å². The average molecular weight is 611 g/mol. The lowest BCUT2D eigenvalue weighted by Gasteiger charge is -2.34. The van der Waals surface area contributed by atoms with E-state index in [1.165, 1.54) is 37.7 Å². The highest BCUT2D eigenvalue weighted by molar-refractivity contribution is 5.93. The van der Waals surface area contributed by atoms with E-state index in [4.69, 9.17) is 4.74 Å². The lowest BCUT2D eigenvalue weighted by atomic mass is 10.1. The maximum atomic E-state index is 13.9. The zero-order valence-corrected chi connectivity index (χ0v) is 25.5. The molecule has 4 atom stereocenters. The van der Waals surface area contributed by atoms with Crippen LogP contribution < -0.4 is 10.6 Å². The van der Waals surface area contributed by atoms with E-state index in [1.807, 2.05) is 0 Å². The van der Waals surface area contributed by atoms with Gasteiger partial charge in [-0.3, -0.25) is 14.4 Å². The Morgan fingerprint density at radius 2 is 1.73 bits per heavy atom. The number of hydrogen-bond acceptors (Lipinski definition) is 6. The third-order valence-corrected chi connectivity index (χ3v) is 8.12. The van der Waals surface area contributed by atoms with Crippen LogP contribution in [0.1, 0.15) is 42.7 Å². The minimum Gasteiger partial charge on any atom is -0.379 e. The number of nitrogens with one attached hydrogen (secondary N) is 2. The summed E-state index contributed by atoms with van der Waals surface area (Å²) in [6.07, 6.45) is 4.38. The summed E-state index contributed by atoms with van der Waals surface area (Å²) >= 11 is 0. The number of amides is 3. The molecule has 44 heavy (non-hydrogen) atoms. The Bertz CT molecular complexity index is 1410. The number of aromatic nitrogens is 2. The van der Waals surface area contributed by atoms with Crippen molar-refractivity contribution >= 4 is 17.7 Å². The maximum absolute atomic E-state index is 13.9. The molecule has 2 N–H and O–H groups in total. The van der Waals surface area contributed by atoms with Gasteiger partial charge < -0.3 is 29.7 Å². The van der Waals surface area contributed by atoms with Crippen LogP contribution >= 0.6 is 0 Å². The number of carbonyl (C=O) groups is 3. The number of rotatable bonds is 13. The zero-order valence-electron chi connectivity index (χ0n) is 25.5. The van der Waals surface area contributed by atoms with Crippen LogP contribution in [0.5, 0.6) is 0 Å². The summed E-state index contributed by atoms with van der Waals surface area (Å²) < 4.78 is 34.0. The lowest BCUT2D eigenvalue weighted by Crippen LogP contribution is -2.58. The summed E-state index contributed by atoms with van der Waals surface area (Å²) in [4.78, 5) is 48.1. The molecule has 1 saturated heterocycles. The smallest absolute Gasteiger partial charge is 0.274 e. The standard InChI is InChI=1S/C32H40F2N6O4/c1-21(35-3)30(41)37-29(22(2)44-4)32(43)40-16-5-6-27(40)18-38(17-15-23-7-9-24(33)10-8-23)31(42)28-19-39(20-36-28)26-13-11-25(34)12-14-26/h7-14,19-22,27,29,35H,5-6,15-18H2,1-4H3,(H,37,41). The van der Waals surface area contributed by atoms with E-state index in [9.17, 15) is 23.2 Å². The van der Waals surface area contributed by atoms with Crippen LogP contribution in [0.3, 0.4) is 0 Å². The van der Waals surface area contributed by atoms with Crippen molar-refractivity contribution in [3.8, 4) is 5.69 Å². The zero-order chi connectivity index (χ0) is 31.8. The Morgan fingerprint density at radius 1 is 1.07 bits per heavy atom. The second-order valence-electron chi connectivity index (χ2n) is 11.0. The molecule has 10 nitrogen and oxygen atoms in total. The molecule has 12 heteroatoms. The van der Waals surface area contributed by atoms with E-state index in [-0.39, 0.29) is 47.6 Å². The van der Waals surface area contributed by atoms with Gasteiger partial charge in [0.05, 0.1) is 12.1 Å². The van der Waals surface area contributed by atoms with Gasteiger partial charge in [-0.15, -0.1) is 0 Å². The van der Waals surface area contributed by atoms with E-state index in [0.29, 0.717) is 31.6 Å². The van der Waals surface area contributed by atoms with Crippen LogP contribution in [0.25, 0.3) is 5.69 Å². The molecule has 0 spiro atoms. The van der Waals surface area contributed by atoms with Gasteiger partial charge in [-0.1, -0.05) is 12.1 Å². The summed E-state index contributed by atoms with van der Waals surface area (Å²) in [7, 11) is 3.15. The van der Waals surface area contributed by atoms with Crippen molar-refractivity contribution in [2.45, 2.75) is 57.3 Å². The Kier molecular flexibility index (Phi) is 11.2. The van der Waals surface area contributed by atoms with Gasteiger partial charge >= 0.3 is 0 Å². The van der Waals surface area contributed by atoms with Gasteiger partial charge in [0.25, 0.3) is 5.91 Å². The van der Waals surface area contributed by atoms with Gasteiger partial charge in [0.1, 0.15) is 29.7 Å². The molecule has 2 heterocycles. The minimum atomic E-state index is -0.904. The van der Waals surface area contributed by atoms with Crippen molar-refractivity contribution in [3.63, 3.8) is 0 Å². The van der Waals surface area contributed by atoms with Crippen molar-refractivity contribution in [1.82, 2.24) is 30.0 Å². The summed E-state index contributed by atoms with van der Waals surface area (Å²) in [5.74, 6) is -1.64. The fourth-order valence-corrected chi connectivity index (χ4v) is 5.21. The minimum absolute atomic E-state index is 0.198. The molecule has 0 bridgehead atoms. The van der Waals surface area contributed by atoms with Crippen molar-refractivity contribution in [3.05, 3.63) is 83.9 Å². The molecule has 0 saturated carbocycles. The highest BCUT2D eigenvalue weighted by atomic mass is 19.1. The second-order valence-corrected chi connectivity index (χ2v) is 11.0. The third-order valence-electron chi connectivity index (χ3n) is 8.12. The Hall–Kier alpha value is -4.16. The third kappa shape index (κ3) is 8.06. The molecule has 1 aliphatic rings. The number of nitrogens with zero attached hydrogens (tertiary/aromatic N) is 4. The molecule has 236 valence electrons. The number of imidazole rings is 1. The van der Waals surface area contributed by atoms with Gasteiger partial charge in [-0.05, 0) is 82.1 Å². The number of halogens is 2. The number of likely N-dealkylation sites (N-methyl/N-ethyl adjacent to an activating group) is 1. The van der Waals surface area contributed by atoms with E-state index < -0.39 is 18.2 Å². The topological polar surface area (TPSA) is 109 Å². The van der Waals surface area contributed by atoms with Gasteiger partial charge in [-0.2, -0.15) is 0 Å². The fraction of sp³-hybridized carbons (Fsp3) is 0.438. The number of methoxy groups -OCH3 is 1. The van der Waals surface area contributed by atoms with Crippen LogP contribution in [0.15, 0.2) is 61.1 Å². The molecule has 2 aromatic carbocycles. The highest BCUT2D eigenvalue weighted by Crippen LogP contribution is 2.22. The van der Waals surface area contributed by atoms with E-state index >= 15 is 0 Å². The lowest BCUT2D eigenvalue weighted by molar-refractivity contribution is -0.141. The molecule has 3 amide bonds. The molecule has 0 radical (unpaired) electrons. The van der Waals surface area contributed by atoms with Crippen molar-refractivity contribution in [2.24, 2.45) is 0 Å². The molecule has 0 aliphatic carbocycles. The maximum Gasteiger partial charge on any atom is 0.274 e. The van der Waals surface area contributed by atoms with Gasteiger partial charge in [0, 0.05) is 44.7 Å². The molecule has 1 aromatic heterocycles. The first kappa shape index (κ1) is 32.7. The van der Waals surface area contributed by atoms with Crippen molar-refractivity contribution in [1.29, 1.82) is 0 Å². The van der Waals surface area contributed by atoms with E-state index in [0.717, 1.165) is 12.0 Å². The number of carbonyl (C=O) groups excluding carboxylic acids is 3. The largest absolute Gasteiger partial charge is 0.379 e. The van der Waals surface area contributed by atoms with E-state index in [1.54, 1.807) is 65.7 Å². The van der Waals surface area contributed by atoms with Crippen LogP contribution in [0, 0.1) is 11.6 Å². The van der Waals surface area contributed by atoms with Crippen molar-refractivity contribution in [2.75, 3.05) is 33.8 Å². The molecular formula is C32H40F2N6O4. The molecule has 4 unspecified atom stereocenters. The Labute approximate surface area is 256 Å². The predicted molar refractivity (Wildman–Crippen MR) is 161 cm³/mol. The Morgan fingerprint density at radius 3 is 2.36 bits per heavy atom. The number of likely N-dealkylation sites (tertiary alicyclic amines) is 1. The highest BCUT2D eigenvalue weighted by Gasteiger charge is 2.38. The van der Waals surface area contributed by atoms with E-state index in [2.05, 4.69) is 15.6 Å². The fourth-order valence-electron chi connectivity index (χ4n) is 5.21. The predicted octanol–water partition coefficient (Wildman–Crippen LogP) is 2.95. The SMILES string of the molecule is CNC(C)C(=O)NC(C(=O)N1CCCC1CN(CCc1ccc(F)cc1)C(=O)c1cn(-c2ccc(F)cc2)cn1)C(C)OC. The summed E-state index contributed by atoms with van der Waals surface area (Å²) in [6.45, 7) is 4.46. The summed E-state index contributed by atoms with van der Waals surface area (Å²) in [5, 5.41) is 5.70. The molecular weight excluding hydrogens is 570 g/mol. The summed E-state index contributed by atoms with van der Waals surface area (Å²) in [5.41, 5.74) is 1.70. The molecule has 4 rings (SSSR count). The molecule has 1 fully saturated rings. The van der Waals surface area contributed by atoms with Crippen LogP contribution in [0.2, 0.25) is 0 Å². The summed E-state index contributed by atoms with van der Waals surface area (Å²) in [6, 6.07) is 10.2. The monoisotopic (exact) mass is 610 g/mol. The first-order chi connectivity index (χ1) is 21.1. The molecule has 1 aliphatic heterocycles. The first-order valence-electron chi connectivity index (χ1n) is 14.8. The number of ether oxygens (including phenoxy) is 1. The van der Waals surface area contributed by atoms with Gasteiger partial charge in [0.2, 0.25) is 11.8 Å². The first-order valence-corrected chi connectivity index (χ1v) is 14.8. The molecule has 3 aromatic rings. The Balaban J connectivity index is 1.56. The quantitative estimate of drug-likeness (QED) is 0.308. The van der Waals surface area contributed by atoms with Crippen LogP contribution in [-0.2, 0) is 20.7 Å². The normalized spacial score (nSPS) is 16.8. The van der Waals surface area contributed by atoms with Crippen molar-refractivity contribution < 1.29 is 27.9 Å². The van der Waals surface area contributed by atoms with Crippen LogP contribution in [0.4, 0.5) is 8.78 Å². The number of hydrogen-bond donors (Lipinski definition) is 2. The average Bonchev–Trinajstić information content (AvgIpc) is 3.72. The van der Waals surface area contributed by atoms with Crippen LogP contribution in [-0.4, -0.2) is 95.1 Å².